The second-order valence-electron chi connectivity index (χ2n) is 4.46. The fourth-order valence-electron chi connectivity index (χ4n) is 1.97. The van der Waals surface area contributed by atoms with Gasteiger partial charge in [0.2, 0.25) is 0 Å². The highest BCUT2D eigenvalue weighted by Gasteiger charge is 2.03. The van der Waals surface area contributed by atoms with Gasteiger partial charge in [-0.2, -0.15) is 0 Å². The number of rotatable bonds is 6. The number of nitrogens with zero attached hydrogens (tertiary/aromatic N) is 1. The molecule has 1 rings (SSSR count). The van der Waals surface area contributed by atoms with Gasteiger partial charge in [-0.15, -0.1) is 0 Å². The van der Waals surface area contributed by atoms with Gasteiger partial charge in [-0.05, 0) is 38.3 Å². The van der Waals surface area contributed by atoms with Crippen LogP contribution in [0.3, 0.4) is 0 Å². The maximum atomic E-state index is 3.47. The number of hydrogen-bond donors (Lipinski definition) is 0. The highest BCUT2D eigenvalue weighted by Crippen LogP contribution is 2.20. The summed E-state index contributed by atoms with van der Waals surface area (Å²) in [6.45, 7) is 5.49. The summed E-state index contributed by atoms with van der Waals surface area (Å²) in [7, 11) is 2.19. The van der Waals surface area contributed by atoms with Crippen LogP contribution in [-0.4, -0.2) is 18.9 Å². The molecule has 0 amide bonds. The second-order valence-corrected chi connectivity index (χ2v) is 5.25. The molecule has 0 atom stereocenters. The van der Waals surface area contributed by atoms with Crippen molar-refractivity contribution in [3.8, 4) is 0 Å². The zero-order valence-corrected chi connectivity index (χ0v) is 12.2. The van der Waals surface area contributed by atoms with Crippen molar-refractivity contribution in [2.24, 2.45) is 0 Å². The smallest absolute Gasteiger partial charge is 0.0393 e. The van der Waals surface area contributed by atoms with Crippen molar-refractivity contribution < 1.29 is 0 Å². The van der Waals surface area contributed by atoms with Crippen LogP contribution < -0.4 is 4.90 Å². The average Bonchev–Trinajstić information content (AvgIpc) is 2.24. The Bertz CT molecular complexity index is 323. The van der Waals surface area contributed by atoms with Gasteiger partial charge in [-0.3, -0.25) is 0 Å². The summed E-state index contributed by atoms with van der Waals surface area (Å²) in [5.74, 6) is 0. The van der Waals surface area contributed by atoms with E-state index in [0.29, 0.717) is 0 Å². The molecule has 0 aliphatic rings. The Kier molecular flexibility index (Phi) is 5.89. The third kappa shape index (κ3) is 4.17. The van der Waals surface area contributed by atoms with E-state index in [1.807, 2.05) is 0 Å². The van der Waals surface area contributed by atoms with Gasteiger partial charge < -0.3 is 4.90 Å². The molecular formula is C14H22BrN. The van der Waals surface area contributed by atoms with Crippen LogP contribution in [0.5, 0.6) is 0 Å². The largest absolute Gasteiger partial charge is 0.374 e. The van der Waals surface area contributed by atoms with E-state index in [4.69, 9.17) is 0 Å². The molecule has 0 radical (unpaired) electrons. The van der Waals surface area contributed by atoms with E-state index in [9.17, 15) is 0 Å². The lowest BCUT2D eigenvalue weighted by atomic mass is 10.1. The fraction of sp³-hybridized carbons (Fsp3) is 0.571. The molecule has 0 N–H and O–H groups in total. The molecule has 0 unspecified atom stereocenters. The van der Waals surface area contributed by atoms with Crippen molar-refractivity contribution in [1.82, 2.24) is 0 Å². The van der Waals surface area contributed by atoms with Gasteiger partial charge >= 0.3 is 0 Å². The Morgan fingerprint density at radius 3 is 2.50 bits per heavy atom. The Morgan fingerprint density at radius 2 is 1.88 bits per heavy atom. The normalized spacial score (nSPS) is 10.5. The quantitative estimate of drug-likeness (QED) is 0.556. The first kappa shape index (κ1) is 13.6. The number of hydrogen-bond acceptors (Lipinski definition) is 1. The SMILES string of the molecule is Cc1ccc(N(C)CCCCCBr)c(C)c1. The van der Waals surface area contributed by atoms with Crippen molar-refractivity contribution in [2.45, 2.75) is 33.1 Å². The van der Waals surface area contributed by atoms with Gasteiger partial charge in [0.15, 0.2) is 0 Å². The molecule has 0 fully saturated rings. The molecule has 1 aromatic rings. The third-order valence-electron chi connectivity index (χ3n) is 2.89. The topological polar surface area (TPSA) is 3.24 Å². The van der Waals surface area contributed by atoms with Crippen molar-refractivity contribution in [2.75, 3.05) is 23.8 Å². The molecule has 1 aromatic carbocycles. The third-order valence-corrected chi connectivity index (χ3v) is 3.45. The van der Waals surface area contributed by atoms with E-state index in [1.165, 1.54) is 36.1 Å². The fourth-order valence-corrected chi connectivity index (χ4v) is 2.37. The molecule has 16 heavy (non-hydrogen) atoms. The van der Waals surface area contributed by atoms with E-state index < -0.39 is 0 Å². The first-order valence-corrected chi connectivity index (χ1v) is 7.11. The van der Waals surface area contributed by atoms with Crippen LogP contribution in [0.4, 0.5) is 5.69 Å². The van der Waals surface area contributed by atoms with Crippen LogP contribution in [0.1, 0.15) is 30.4 Å². The standard InChI is InChI=1S/C14H22BrN/c1-12-7-8-14(13(2)11-12)16(3)10-6-4-5-9-15/h7-8,11H,4-6,9-10H2,1-3H3. The van der Waals surface area contributed by atoms with Crippen LogP contribution in [0.2, 0.25) is 0 Å². The monoisotopic (exact) mass is 283 g/mol. The minimum Gasteiger partial charge on any atom is -0.374 e. The summed E-state index contributed by atoms with van der Waals surface area (Å²) in [5.41, 5.74) is 4.08. The minimum atomic E-state index is 1.13. The summed E-state index contributed by atoms with van der Waals surface area (Å²) in [4.78, 5) is 2.36. The van der Waals surface area contributed by atoms with Crippen molar-refractivity contribution in [1.29, 1.82) is 0 Å². The predicted molar refractivity (Wildman–Crippen MR) is 76.8 cm³/mol. The molecule has 0 aliphatic carbocycles. The predicted octanol–water partition coefficient (Wildman–Crippen LogP) is 4.30. The molecule has 0 saturated carbocycles. The van der Waals surface area contributed by atoms with Crippen LogP contribution >= 0.6 is 15.9 Å². The Hall–Kier alpha value is -0.500. The first-order chi connectivity index (χ1) is 7.65. The molecule has 0 saturated heterocycles. The molecule has 0 bridgehead atoms. The summed E-state index contributed by atoms with van der Waals surface area (Å²) >= 11 is 3.47. The van der Waals surface area contributed by atoms with Crippen LogP contribution in [0.15, 0.2) is 18.2 Å². The van der Waals surface area contributed by atoms with E-state index in [0.717, 1.165) is 11.9 Å². The summed E-state index contributed by atoms with van der Waals surface area (Å²) in [6.07, 6.45) is 3.86. The molecule has 0 aliphatic heterocycles. The number of unbranched alkanes of at least 4 members (excludes halogenated alkanes) is 2. The zero-order chi connectivity index (χ0) is 12.0. The second kappa shape index (κ2) is 6.95. The number of halogens is 1. The van der Waals surface area contributed by atoms with Gasteiger partial charge in [0.25, 0.3) is 0 Å². The molecule has 1 nitrogen and oxygen atoms in total. The highest BCUT2D eigenvalue weighted by atomic mass is 79.9. The first-order valence-electron chi connectivity index (χ1n) is 5.99. The van der Waals surface area contributed by atoms with E-state index in [2.05, 4.69) is 59.9 Å². The van der Waals surface area contributed by atoms with Gasteiger partial charge in [-0.25, -0.2) is 0 Å². The van der Waals surface area contributed by atoms with E-state index >= 15 is 0 Å². The van der Waals surface area contributed by atoms with Crippen LogP contribution in [0, 0.1) is 13.8 Å². The molecule has 0 heterocycles. The number of alkyl halides is 1. The highest BCUT2D eigenvalue weighted by molar-refractivity contribution is 9.09. The maximum Gasteiger partial charge on any atom is 0.0393 e. The lowest BCUT2D eigenvalue weighted by Gasteiger charge is -2.21. The molecule has 0 aromatic heterocycles. The lowest BCUT2D eigenvalue weighted by molar-refractivity contribution is 0.710. The lowest BCUT2D eigenvalue weighted by Crippen LogP contribution is -2.19. The van der Waals surface area contributed by atoms with Crippen molar-refractivity contribution in [3.63, 3.8) is 0 Å². The van der Waals surface area contributed by atoms with Crippen molar-refractivity contribution >= 4 is 21.6 Å². The zero-order valence-electron chi connectivity index (χ0n) is 10.6. The summed E-state index contributed by atoms with van der Waals surface area (Å²) < 4.78 is 0. The van der Waals surface area contributed by atoms with Gasteiger partial charge in [0, 0.05) is 24.6 Å². The molecule has 90 valence electrons. The molecule has 0 spiro atoms. The van der Waals surface area contributed by atoms with E-state index in [-0.39, 0.29) is 0 Å². The summed E-state index contributed by atoms with van der Waals surface area (Å²) in [6, 6.07) is 6.68. The van der Waals surface area contributed by atoms with Gasteiger partial charge in [0.05, 0.1) is 0 Å². The summed E-state index contributed by atoms with van der Waals surface area (Å²) in [5, 5.41) is 1.13. The van der Waals surface area contributed by atoms with Crippen molar-refractivity contribution in [3.05, 3.63) is 29.3 Å². The van der Waals surface area contributed by atoms with E-state index in [1.54, 1.807) is 0 Å². The maximum absolute atomic E-state index is 3.47. The number of aryl methyl sites for hydroxylation is 2. The number of benzene rings is 1. The Balaban J connectivity index is 2.49. The van der Waals surface area contributed by atoms with Crippen LogP contribution in [-0.2, 0) is 0 Å². The number of anilines is 1. The minimum absolute atomic E-state index is 1.13. The molecular weight excluding hydrogens is 262 g/mol. The molecule has 2 heteroatoms. The Labute approximate surface area is 108 Å². The average molecular weight is 284 g/mol. The van der Waals surface area contributed by atoms with Gasteiger partial charge in [-0.1, -0.05) is 40.0 Å². The van der Waals surface area contributed by atoms with Crippen LogP contribution in [0.25, 0.3) is 0 Å². The van der Waals surface area contributed by atoms with Gasteiger partial charge in [0.1, 0.15) is 0 Å². The Morgan fingerprint density at radius 1 is 1.12 bits per heavy atom.